The molecule has 16 heavy (non-hydrogen) atoms. The fourth-order valence-electron chi connectivity index (χ4n) is 0.820. The average molecular weight is 252 g/mol. The minimum atomic E-state index is -0.302. The highest BCUT2D eigenvalue weighted by molar-refractivity contribution is 6.27. The zero-order valence-electron chi connectivity index (χ0n) is 10.2. The van der Waals surface area contributed by atoms with Crippen LogP contribution in [0.25, 0.3) is 0 Å². The Labute approximate surface area is 104 Å². The largest absolute Gasteiger partial charge is 0.413 e. The quantitative estimate of drug-likeness (QED) is 0.392. The first-order valence-electron chi connectivity index (χ1n) is 5.69. The van der Waals surface area contributed by atoms with Crippen molar-refractivity contribution in [3.05, 3.63) is 12.2 Å². The van der Waals surface area contributed by atoms with E-state index in [1.54, 1.807) is 12.2 Å². The summed E-state index contributed by atoms with van der Waals surface area (Å²) in [6, 6.07) is 2.34. The summed E-state index contributed by atoms with van der Waals surface area (Å²) in [5.41, 5.74) is 0. The van der Waals surface area contributed by atoms with E-state index in [1.165, 1.54) is 12.1 Å². The van der Waals surface area contributed by atoms with Crippen molar-refractivity contribution >= 4 is 19.5 Å². The van der Waals surface area contributed by atoms with Crippen molar-refractivity contribution in [2.24, 2.45) is 0 Å². The van der Waals surface area contributed by atoms with Gasteiger partial charge >= 0.3 is 0 Å². The Bertz CT molecular complexity index is 262. The monoisotopic (exact) mass is 252 g/mol. The highest BCUT2D eigenvalue weighted by atomic mass is 28.2. The molecule has 0 unspecified atom stereocenters. The van der Waals surface area contributed by atoms with Gasteiger partial charge in [-0.3, -0.25) is 0 Å². The van der Waals surface area contributed by atoms with Crippen molar-refractivity contribution in [1.29, 1.82) is 0 Å². The van der Waals surface area contributed by atoms with Crippen LogP contribution >= 0.6 is 0 Å². The second-order valence-electron chi connectivity index (χ2n) is 3.08. The van der Waals surface area contributed by atoms with Gasteiger partial charge in [-0.15, -0.1) is 0 Å². The molecule has 88 valence electrons. The molecule has 4 heteroatoms. The molecule has 0 bridgehead atoms. The Balaban J connectivity index is 3.44. The topological polar surface area (TPSA) is 18.5 Å². The first-order valence-corrected chi connectivity index (χ1v) is 8.84. The summed E-state index contributed by atoms with van der Waals surface area (Å²) >= 11 is 0. The smallest absolute Gasteiger partial charge is 0.162 e. The van der Waals surface area contributed by atoms with E-state index in [0.29, 0.717) is 13.2 Å². The first kappa shape index (κ1) is 15.2. The first-order chi connectivity index (χ1) is 7.91. The van der Waals surface area contributed by atoms with E-state index in [-0.39, 0.29) is 19.5 Å². The molecule has 0 saturated carbocycles. The molecule has 2 nitrogen and oxygen atoms in total. The standard InChI is InChI=1S/C12H20O2Si2/c1-3-15-13-11-9-7-5-6-8-10-12-14-16-4-2/h5-6H,3-4,11-12,15-16H2,1-2H3. The molecule has 0 fully saturated rings. The molecule has 0 aliphatic carbocycles. The van der Waals surface area contributed by atoms with Crippen LogP contribution in [0, 0.1) is 23.7 Å². The van der Waals surface area contributed by atoms with E-state index in [0.717, 1.165) is 0 Å². The Morgan fingerprint density at radius 1 is 0.875 bits per heavy atom. The normalized spacial score (nSPS) is 10.9. The van der Waals surface area contributed by atoms with Gasteiger partial charge in [0.2, 0.25) is 0 Å². The lowest BCUT2D eigenvalue weighted by atomic mass is 10.4. The van der Waals surface area contributed by atoms with Crippen molar-refractivity contribution in [2.75, 3.05) is 13.2 Å². The average Bonchev–Trinajstić information content (AvgIpc) is 2.31. The highest BCUT2D eigenvalue weighted by Gasteiger charge is 1.79. The molecule has 0 amide bonds. The van der Waals surface area contributed by atoms with Crippen LogP contribution in [0.4, 0.5) is 0 Å². The predicted octanol–water partition coefficient (Wildman–Crippen LogP) is 0.627. The molecule has 0 aromatic rings. The molecule has 0 aromatic heterocycles. The molecular formula is C12H20O2Si2. The second-order valence-corrected chi connectivity index (χ2v) is 6.71. The maximum absolute atomic E-state index is 5.33. The third kappa shape index (κ3) is 13.2. The van der Waals surface area contributed by atoms with E-state index in [1.807, 2.05) is 0 Å². The van der Waals surface area contributed by atoms with Crippen molar-refractivity contribution in [1.82, 2.24) is 0 Å². The minimum absolute atomic E-state index is 0.302. The Kier molecular flexibility index (Phi) is 13.5. The lowest BCUT2D eigenvalue weighted by Crippen LogP contribution is -1.95. The molecular weight excluding hydrogens is 232 g/mol. The van der Waals surface area contributed by atoms with Gasteiger partial charge in [-0.25, -0.2) is 0 Å². The molecule has 0 aromatic carbocycles. The van der Waals surface area contributed by atoms with Crippen molar-refractivity contribution in [2.45, 2.75) is 25.9 Å². The van der Waals surface area contributed by atoms with Crippen LogP contribution in [0.3, 0.4) is 0 Å². The summed E-state index contributed by atoms with van der Waals surface area (Å²) in [7, 11) is -0.603. The molecule has 0 atom stereocenters. The van der Waals surface area contributed by atoms with Crippen LogP contribution < -0.4 is 0 Å². The van der Waals surface area contributed by atoms with Gasteiger partial charge in [0, 0.05) is 0 Å². The molecule has 0 N–H and O–H groups in total. The van der Waals surface area contributed by atoms with Crippen LogP contribution in [0.5, 0.6) is 0 Å². The van der Waals surface area contributed by atoms with Crippen LogP contribution in [-0.4, -0.2) is 32.7 Å². The molecule has 0 rings (SSSR count). The van der Waals surface area contributed by atoms with Gasteiger partial charge in [-0.2, -0.15) is 0 Å². The van der Waals surface area contributed by atoms with Gasteiger partial charge in [-0.05, 0) is 24.2 Å². The molecule has 0 heterocycles. The molecule has 0 aliphatic rings. The molecule has 0 spiro atoms. The summed E-state index contributed by atoms with van der Waals surface area (Å²) in [6.45, 7) is 5.39. The summed E-state index contributed by atoms with van der Waals surface area (Å²) < 4.78 is 10.7. The van der Waals surface area contributed by atoms with E-state index in [4.69, 9.17) is 8.85 Å². The second kappa shape index (κ2) is 14.2. The third-order valence-electron chi connectivity index (χ3n) is 1.50. The number of hydrogen-bond donors (Lipinski definition) is 0. The highest BCUT2D eigenvalue weighted by Crippen LogP contribution is 1.77. The zero-order valence-corrected chi connectivity index (χ0v) is 13.0. The van der Waals surface area contributed by atoms with Crippen LogP contribution in [0.1, 0.15) is 13.8 Å². The number of hydrogen-bond acceptors (Lipinski definition) is 2. The van der Waals surface area contributed by atoms with E-state index >= 15 is 0 Å². The molecule has 0 saturated heterocycles. The SMILES string of the molecule is CC[SiH2]OCC#CC=CC#CCO[SiH2]CC. The van der Waals surface area contributed by atoms with Gasteiger partial charge < -0.3 is 8.85 Å². The van der Waals surface area contributed by atoms with Gasteiger partial charge in [0.05, 0.1) is 13.2 Å². The summed E-state index contributed by atoms with van der Waals surface area (Å²) in [4.78, 5) is 0. The lowest BCUT2D eigenvalue weighted by molar-refractivity contribution is 0.393. The van der Waals surface area contributed by atoms with Crippen molar-refractivity contribution < 1.29 is 8.85 Å². The third-order valence-corrected chi connectivity index (χ3v) is 3.30. The zero-order chi connectivity index (χ0) is 11.9. The molecule has 0 radical (unpaired) electrons. The number of rotatable bonds is 6. The van der Waals surface area contributed by atoms with Gasteiger partial charge in [0.25, 0.3) is 0 Å². The van der Waals surface area contributed by atoms with E-state index in [9.17, 15) is 0 Å². The minimum Gasteiger partial charge on any atom is -0.413 e. The van der Waals surface area contributed by atoms with Gasteiger partial charge in [-0.1, -0.05) is 37.5 Å². The summed E-state index contributed by atoms with van der Waals surface area (Å²) in [5.74, 6) is 11.6. The van der Waals surface area contributed by atoms with Crippen LogP contribution in [0.2, 0.25) is 12.1 Å². The maximum Gasteiger partial charge on any atom is 0.162 e. The van der Waals surface area contributed by atoms with Crippen LogP contribution in [0.15, 0.2) is 12.2 Å². The number of allylic oxidation sites excluding steroid dienone is 2. The summed E-state index contributed by atoms with van der Waals surface area (Å²) in [5, 5.41) is 0. The van der Waals surface area contributed by atoms with Crippen molar-refractivity contribution in [3.63, 3.8) is 0 Å². The fraction of sp³-hybridized carbons (Fsp3) is 0.500. The van der Waals surface area contributed by atoms with E-state index < -0.39 is 0 Å². The van der Waals surface area contributed by atoms with Crippen molar-refractivity contribution in [3.8, 4) is 23.7 Å². The van der Waals surface area contributed by atoms with Crippen LogP contribution in [-0.2, 0) is 8.85 Å². The van der Waals surface area contributed by atoms with Gasteiger partial charge in [0.1, 0.15) is 0 Å². The Morgan fingerprint density at radius 3 is 1.69 bits per heavy atom. The van der Waals surface area contributed by atoms with Gasteiger partial charge in [0.15, 0.2) is 19.5 Å². The Morgan fingerprint density at radius 2 is 1.31 bits per heavy atom. The predicted molar refractivity (Wildman–Crippen MR) is 74.6 cm³/mol. The van der Waals surface area contributed by atoms with E-state index in [2.05, 4.69) is 37.5 Å². The fourth-order valence-corrected chi connectivity index (χ4v) is 1.89. The summed E-state index contributed by atoms with van der Waals surface area (Å²) in [6.07, 6.45) is 3.50. The molecule has 0 aliphatic heterocycles. The Hall–Kier alpha value is -0.786. The maximum atomic E-state index is 5.33. The lowest BCUT2D eigenvalue weighted by Gasteiger charge is -1.91.